The molecule has 1 N–H and O–H groups in total. The number of hydrogen-bond donors (Lipinski definition) is 1. The zero-order chi connectivity index (χ0) is 15.4. The van der Waals surface area contributed by atoms with Gasteiger partial charge in [0.2, 0.25) is 5.91 Å². The number of pyridine rings is 1. The van der Waals surface area contributed by atoms with E-state index in [1.807, 2.05) is 18.2 Å². The number of nitrogens with one attached hydrogen (secondary N) is 1. The first-order valence-electron chi connectivity index (χ1n) is 7.34. The van der Waals surface area contributed by atoms with E-state index in [4.69, 9.17) is 11.6 Å². The zero-order valence-corrected chi connectivity index (χ0v) is 12.9. The van der Waals surface area contributed by atoms with Crippen LogP contribution in [0.25, 0.3) is 0 Å². The maximum atomic E-state index is 12.1. The Balaban J connectivity index is 1.55. The van der Waals surface area contributed by atoms with Crippen molar-refractivity contribution in [2.24, 2.45) is 0 Å². The molecule has 1 aliphatic rings. The van der Waals surface area contributed by atoms with E-state index in [-0.39, 0.29) is 18.5 Å². The van der Waals surface area contributed by atoms with E-state index in [2.05, 4.69) is 20.3 Å². The van der Waals surface area contributed by atoms with Gasteiger partial charge >= 0.3 is 0 Å². The molecule has 0 spiro atoms. The van der Waals surface area contributed by atoms with Crippen LogP contribution in [0, 0.1) is 0 Å². The molecule has 2 aromatic rings. The summed E-state index contributed by atoms with van der Waals surface area (Å²) >= 11 is 5.79. The Morgan fingerprint density at radius 3 is 3.09 bits per heavy atom. The molecular formula is C15H18ClN5O. The van der Waals surface area contributed by atoms with Gasteiger partial charge in [0.15, 0.2) is 0 Å². The fourth-order valence-corrected chi connectivity index (χ4v) is 2.85. The summed E-state index contributed by atoms with van der Waals surface area (Å²) in [6.07, 6.45) is 6.98. The van der Waals surface area contributed by atoms with Crippen LogP contribution in [0.15, 0.2) is 36.8 Å². The first-order chi connectivity index (χ1) is 10.7. The van der Waals surface area contributed by atoms with E-state index >= 15 is 0 Å². The van der Waals surface area contributed by atoms with Crippen molar-refractivity contribution in [2.45, 2.75) is 25.4 Å². The molecule has 0 saturated carbocycles. The van der Waals surface area contributed by atoms with Gasteiger partial charge in [-0.25, -0.2) is 4.98 Å². The SMILES string of the molecule is O=C(Cn1cc(Cl)cn1)N[C@@H]1CCCN(c2ccccn2)C1. The molecule has 3 rings (SSSR count). The molecule has 22 heavy (non-hydrogen) atoms. The van der Waals surface area contributed by atoms with E-state index in [0.717, 1.165) is 31.7 Å². The number of nitrogens with zero attached hydrogens (tertiary/aromatic N) is 4. The predicted molar refractivity (Wildman–Crippen MR) is 84.9 cm³/mol. The Labute approximate surface area is 134 Å². The average molecular weight is 320 g/mol. The van der Waals surface area contributed by atoms with Gasteiger partial charge in [0.1, 0.15) is 12.4 Å². The molecule has 0 radical (unpaired) electrons. The number of anilines is 1. The lowest BCUT2D eigenvalue weighted by molar-refractivity contribution is -0.122. The molecule has 1 atom stereocenters. The lowest BCUT2D eigenvalue weighted by Gasteiger charge is -2.33. The van der Waals surface area contributed by atoms with Gasteiger partial charge in [-0.3, -0.25) is 9.48 Å². The Kier molecular flexibility index (Phi) is 4.58. The first-order valence-corrected chi connectivity index (χ1v) is 7.72. The third kappa shape index (κ3) is 3.76. The van der Waals surface area contributed by atoms with E-state index in [0.29, 0.717) is 5.02 Å². The summed E-state index contributed by atoms with van der Waals surface area (Å²) in [5.74, 6) is 0.910. The lowest BCUT2D eigenvalue weighted by atomic mass is 10.1. The van der Waals surface area contributed by atoms with Gasteiger partial charge < -0.3 is 10.2 Å². The number of amides is 1. The highest BCUT2D eigenvalue weighted by molar-refractivity contribution is 6.30. The summed E-state index contributed by atoms with van der Waals surface area (Å²) in [4.78, 5) is 18.7. The van der Waals surface area contributed by atoms with Gasteiger partial charge in [-0.1, -0.05) is 17.7 Å². The number of carbonyl (C=O) groups is 1. The van der Waals surface area contributed by atoms with Crippen LogP contribution in [-0.4, -0.2) is 39.8 Å². The number of aromatic nitrogens is 3. The molecule has 1 aliphatic heterocycles. The summed E-state index contributed by atoms with van der Waals surface area (Å²) in [6.45, 7) is 1.94. The second kappa shape index (κ2) is 6.79. The Morgan fingerprint density at radius 1 is 1.45 bits per heavy atom. The Bertz CT molecular complexity index is 630. The summed E-state index contributed by atoms with van der Waals surface area (Å²) in [5.41, 5.74) is 0. The van der Waals surface area contributed by atoms with Gasteiger partial charge in [0.05, 0.1) is 11.2 Å². The molecule has 7 heteroatoms. The molecule has 1 saturated heterocycles. The second-order valence-corrected chi connectivity index (χ2v) is 5.83. The van der Waals surface area contributed by atoms with Crippen molar-refractivity contribution in [3.05, 3.63) is 41.8 Å². The van der Waals surface area contributed by atoms with Gasteiger partial charge in [-0.15, -0.1) is 0 Å². The van der Waals surface area contributed by atoms with Crippen LogP contribution < -0.4 is 10.2 Å². The minimum Gasteiger partial charge on any atom is -0.355 e. The van der Waals surface area contributed by atoms with Crippen LogP contribution >= 0.6 is 11.6 Å². The normalized spacial score (nSPS) is 18.2. The first kappa shape index (κ1) is 14.8. The molecule has 2 aromatic heterocycles. The van der Waals surface area contributed by atoms with Crippen LogP contribution in [0.3, 0.4) is 0 Å². The topological polar surface area (TPSA) is 63.1 Å². The monoisotopic (exact) mass is 319 g/mol. The minimum absolute atomic E-state index is 0.0485. The van der Waals surface area contributed by atoms with Crippen molar-refractivity contribution >= 4 is 23.3 Å². The summed E-state index contributed by atoms with van der Waals surface area (Å²) in [7, 11) is 0. The van der Waals surface area contributed by atoms with Crippen molar-refractivity contribution in [3.8, 4) is 0 Å². The third-order valence-electron chi connectivity index (χ3n) is 3.67. The average Bonchev–Trinajstić information content (AvgIpc) is 2.93. The highest BCUT2D eigenvalue weighted by Crippen LogP contribution is 2.17. The number of hydrogen-bond acceptors (Lipinski definition) is 4. The number of halogens is 1. The Hall–Kier alpha value is -2.08. The summed E-state index contributed by atoms with van der Waals surface area (Å²) in [6, 6.07) is 6.01. The van der Waals surface area contributed by atoms with Gasteiger partial charge in [-0.05, 0) is 25.0 Å². The molecule has 1 amide bonds. The fourth-order valence-electron chi connectivity index (χ4n) is 2.69. The van der Waals surface area contributed by atoms with Crippen LogP contribution in [0.2, 0.25) is 5.02 Å². The van der Waals surface area contributed by atoms with Crippen molar-refractivity contribution in [1.29, 1.82) is 0 Å². The van der Waals surface area contributed by atoms with Crippen molar-refractivity contribution in [2.75, 3.05) is 18.0 Å². The predicted octanol–water partition coefficient (Wildman–Crippen LogP) is 1.72. The zero-order valence-electron chi connectivity index (χ0n) is 12.2. The molecule has 0 bridgehead atoms. The standard InChI is InChI=1S/C15H18ClN5O/c16-12-8-18-21(9-12)11-15(22)19-13-4-3-7-20(10-13)14-5-1-2-6-17-14/h1-2,5-6,8-9,13H,3-4,7,10-11H2,(H,19,22)/t13-/m1/s1. The van der Waals surface area contributed by atoms with Crippen LogP contribution in [-0.2, 0) is 11.3 Å². The molecule has 3 heterocycles. The maximum absolute atomic E-state index is 12.1. The van der Waals surface area contributed by atoms with Crippen LogP contribution in [0.5, 0.6) is 0 Å². The third-order valence-corrected chi connectivity index (χ3v) is 3.86. The van der Waals surface area contributed by atoms with Crippen molar-refractivity contribution in [3.63, 3.8) is 0 Å². The van der Waals surface area contributed by atoms with Crippen LogP contribution in [0.4, 0.5) is 5.82 Å². The number of rotatable bonds is 4. The Morgan fingerprint density at radius 2 is 2.36 bits per heavy atom. The van der Waals surface area contributed by atoms with E-state index in [9.17, 15) is 4.79 Å². The van der Waals surface area contributed by atoms with Gasteiger partial charge in [0, 0.05) is 31.5 Å². The lowest BCUT2D eigenvalue weighted by Crippen LogP contribution is -2.48. The largest absolute Gasteiger partial charge is 0.355 e. The second-order valence-electron chi connectivity index (χ2n) is 5.40. The molecule has 1 fully saturated rings. The summed E-state index contributed by atoms with van der Waals surface area (Å²) < 4.78 is 1.54. The van der Waals surface area contributed by atoms with E-state index in [1.165, 1.54) is 10.9 Å². The minimum atomic E-state index is -0.0485. The molecule has 6 nitrogen and oxygen atoms in total. The fraction of sp³-hybridized carbons (Fsp3) is 0.400. The number of carbonyl (C=O) groups excluding carboxylic acids is 1. The smallest absolute Gasteiger partial charge is 0.242 e. The molecule has 0 aliphatic carbocycles. The van der Waals surface area contributed by atoms with Crippen LogP contribution in [0.1, 0.15) is 12.8 Å². The van der Waals surface area contributed by atoms with Crippen molar-refractivity contribution in [1.82, 2.24) is 20.1 Å². The van der Waals surface area contributed by atoms with E-state index in [1.54, 1.807) is 12.4 Å². The van der Waals surface area contributed by atoms with E-state index < -0.39 is 0 Å². The molecular weight excluding hydrogens is 302 g/mol. The molecule has 116 valence electrons. The highest BCUT2D eigenvalue weighted by atomic mass is 35.5. The molecule has 0 aromatic carbocycles. The quantitative estimate of drug-likeness (QED) is 0.932. The van der Waals surface area contributed by atoms with Crippen molar-refractivity contribution < 1.29 is 4.79 Å². The summed E-state index contributed by atoms with van der Waals surface area (Å²) in [5, 5.41) is 7.61. The van der Waals surface area contributed by atoms with Gasteiger partial charge in [-0.2, -0.15) is 5.10 Å². The molecule has 0 unspecified atom stereocenters. The number of piperidine rings is 1. The van der Waals surface area contributed by atoms with Gasteiger partial charge in [0.25, 0.3) is 0 Å². The highest BCUT2D eigenvalue weighted by Gasteiger charge is 2.22. The maximum Gasteiger partial charge on any atom is 0.242 e.